The minimum Gasteiger partial charge on any atom is -0.480 e. The Morgan fingerprint density at radius 3 is 2.21 bits per heavy atom. The monoisotopic (exact) mass is 285 g/mol. The molecular formula is C13H19NO4S. The normalized spacial score (nSPS) is 13.5. The molecule has 0 spiro atoms. The van der Waals surface area contributed by atoms with E-state index in [9.17, 15) is 13.2 Å². The number of nitrogens with one attached hydrogen (secondary N) is 1. The highest BCUT2D eigenvalue weighted by Crippen LogP contribution is 2.16. The highest BCUT2D eigenvalue weighted by molar-refractivity contribution is 7.89. The second-order valence-electron chi connectivity index (χ2n) is 4.93. The number of hydrogen-bond acceptors (Lipinski definition) is 3. The van der Waals surface area contributed by atoms with E-state index in [0.717, 1.165) is 11.1 Å². The molecule has 0 aliphatic heterocycles. The van der Waals surface area contributed by atoms with Crippen molar-refractivity contribution in [3.8, 4) is 0 Å². The lowest BCUT2D eigenvalue weighted by molar-refractivity contribution is -0.140. The molecule has 19 heavy (non-hydrogen) atoms. The maximum atomic E-state index is 12.1. The van der Waals surface area contributed by atoms with Gasteiger partial charge in [-0.15, -0.1) is 0 Å². The summed E-state index contributed by atoms with van der Waals surface area (Å²) >= 11 is 0. The van der Waals surface area contributed by atoms with E-state index in [1.165, 1.54) is 12.1 Å². The fourth-order valence-corrected chi connectivity index (χ4v) is 3.01. The van der Waals surface area contributed by atoms with Gasteiger partial charge in [0.25, 0.3) is 0 Å². The maximum Gasteiger partial charge on any atom is 0.322 e. The van der Waals surface area contributed by atoms with Crippen LogP contribution in [0.3, 0.4) is 0 Å². The van der Waals surface area contributed by atoms with Crippen molar-refractivity contribution in [2.45, 2.75) is 38.6 Å². The largest absolute Gasteiger partial charge is 0.480 e. The average molecular weight is 285 g/mol. The van der Waals surface area contributed by atoms with Crippen molar-refractivity contribution in [2.24, 2.45) is 5.92 Å². The third-order valence-corrected chi connectivity index (χ3v) is 4.44. The van der Waals surface area contributed by atoms with E-state index in [0.29, 0.717) is 0 Å². The Bertz CT molecular complexity index is 578. The van der Waals surface area contributed by atoms with Crippen molar-refractivity contribution >= 4 is 16.0 Å². The highest BCUT2D eigenvalue weighted by Gasteiger charge is 2.28. The molecule has 0 radical (unpaired) electrons. The molecule has 0 heterocycles. The molecule has 0 saturated heterocycles. The number of rotatable bonds is 5. The van der Waals surface area contributed by atoms with E-state index in [2.05, 4.69) is 4.72 Å². The molecule has 1 aromatic rings. The minimum absolute atomic E-state index is 0.0856. The number of benzene rings is 1. The van der Waals surface area contributed by atoms with Crippen LogP contribution in [0.2, 0.25) is 0 Å². The van der Waals surface area contributed by atoms with Crippen LogP contribution in [-0.2, 0) is 14.8 Å². The van der Waals surface area contributed by atoms with Crippen LogP contribution >= 0.6 is 0 Å². The van der Waals surface area contributed by atoms with E-state index in [4.69, 9.17) is 5.11 Å². The molecule has 5 nitrogen and oxygen atoms in total. The molecule has 0 aliphatic rings. The lowest BCUT2D eigenvalue weighted by atomic mass is 10.1. The fraction of sp³-hybridized carbons (Fsp3) is 0.462. The quantitative estimate of drug-likeness (QED) is 0.862. The molecule has 1 aromatic carbocycles. The molecule has 2 N–H and O–H groups in total. The zero-order valence-electron chi connectivity index (χ0n) is 11.5. The van der Waals surface area contributed by atoms with Crippen LogP contribution in [0.4, 0.5) is 0 Å². The molecule has 1 atom stereocenters. The van der Waals surface area contributed by atoms with E-state index in [1.807, 2.05) is 13.8 Å². The second kappa shape index (κ2) is 5.71. The summed E-state index contributed by atoms with van der Waals surface area (Å²) in [5.41, 5.74) is 1.83. The number of aliphatic carboxylic acids is 1. The number of carboxylic acids is 1. The number of carbonyl (C=O) groups is 1. The first-order valence-electron chi connectivity index (χ1n) is 5.97. The third-order valence-electron chi connectivity index (χ3n) is 3.00. The first kappa shape index (κ1) is 15.7. The van der Waals surface area contributed by atoms with Gasteiger partial charge in [0.2, 0.25) is 10.0 Å². The standard InChI is InChI=1S/C13H19NO4S/c1-8(2)12(13(15)16)14-19(17,18)11-6-5-9(3)10(4)7-11/h5-8,12,14H,1-4H3,(H,15,16)/t12-/m1/s1. The van der Waals surface area contributed by atoms with Crippen molar-refractivity contribution in [3.05, 3.63) is 29.3 Å². The van der Waals surface area contributed by atoms with Crippen molar-refractivity contribution in [1.29, 1.82) is 0 Å². The van der Waals surface area contributed by atoms with Gasteiger partial charge in [0.05, 0.1) is 4.90 Å². The van der Waals surface area contributed by atoms with Crippen molar-refractivity contribution in [2.75, 3.05) is 0 Å². The van der Waals surface area contributed by atoms with Crippen molar-refractivity contribution < 1.29 is 18.3 Å². The first-order valence-corrected chi connectivity index (χ1v) is 7.46. The van der Waals surface area contributed by atoms with Crippen LogP contribution in [-0.4, -0.2) is 25.5 Å². The summed E-state index contributed by atoms with van der Waals surface area (Å²) in [4.78, 5) is 11.1. The van der Waals surface area contributed by atoms with Gasteiger partial charge in [-0.1, -0.05) is 19.9 Å². The fourth-order valence-electron chi connectivity index (χ4n) is 1.59. The molecule has 0 aliphatic carbocycles. The van der Waals surface area contributed by atoms with Crippen molar-refractivity contribution in [3.63, 3.8) is 0 Å². The van der Waals surface area contributed by atoms with Gasteiger partial charge in [0.15, 0.2) is 0 Å². The highest BCUT2D eigenvalue weighted by atomic mass is 32.2. The van der Waals surface area contributed by atoms with Gasteiger partial charge in [-0.3, -0.25) is 4.79 Å². The Hall–Kier alpha value is -1.40. The summed E-state index contributed by atoms with van der Waals surface area (Å²) in [6.45, 7) is 7.00. The molecule has 0 saturated carbocycles. The summed E-state index contributed by atoms with van der Waals surface area (Å²) < 4.78 is 26.5. The maximum absolute atomic E-state index is 12.1. The topological polar surface area (TPSA) is 83.5 Å². The van der Waals surface area contributed by atoms with Crippen LogP contribution in [0.1, 0.15) is 25.0 Å². The Labute approximate surface area is 113 Å². The number of aryl methyl sites for hydroxylation is 2. The summed E-state index contributed by atoms with van der Waals surface area (Å²) in [5, 5.41) is 9.03. The molecular weight excluding hydrogens is 266 g/mol. The lowest BCUT2D eigenvalue weighted by Crippen LogP contribution is -2.44. The molecule has 0 amide bonds. The lowest BCUT2D eigenvalue weighted by Gasteiger charge is -2.18. The van der Waals surface area contributed by atoms with E-state index in [1.54, 1.807) is 19.9 Å². The smallest absolute Gasteiger partial charge is 0.322 e. The summed E-state index contributed by atoms with van der Waals surface area (Å²) in [5.74, 6) is -1.51. The first-order chi connectivity index (χ1) is 8.65. The zero-order chi connectivity index (χ0) is 14.8. The SMILES string of the molecule is Cc1ccc(S(=O)(=O)N[C@@H](C(=O)O)C(C)C)cc1C. The zero-order valence-corrected chi connectivity index (χ0v) is 12.3. The Kier molecular flexibility index (Phi) is 4.70. The van der Waals surface area contributed by atoms with Crippen molar-refractivity contribution in [1.82, 2.24) is 4.72 Å². The van der Waals surface area contributed by atoms with Gasteiger partial charge >= 0.3 is 5.97 Å². The molecule has 0 bridgehead atoms. The van der Waals surface area contributed by atoms with Crippen LogP contribution in [0, 0.1) is 19.8 Å². The summed E-state index contributed by atoms with van der Waals surface area (Å²) in [7, 11) is -3.82. The van der Waals surface area contributed by atoms with Gasteiger partial charge < -0.3 is 5.11 Å². The van der Waals surface area contributed by atoms with E-state index < -0.39 is 22.0 Å². The molecule has 1 rings (SSSR count). The number of sulfonamides is 1. The summed E-state index contributed by atoms with van der Waals surface area (Å²) in [6.07, 6.45) is 0. The Morgan fingerprint density at radius 1 is 1.21 bits per heavy atom. The van der Waals surface area contributed by atoms with E-state index in [-0.39, 0.29) is 10.8 Å². The van der Waals surface area contributed by atoms with Crippen LogP contribution in [0.15, 0.2) is 23.1 Å². The summed E-state index contributed by atoms with van der Waals surface area (Å²) in [6, 6.07) is 3.59. The Balaban J connectivity index is 3.10. The second-order valence-corrected chi connectivity index (χ2v) is 6.64. The average Bonchev–Trinajstić information content (AvgIpc) is 2.28. The number of hydrogen-bond donors (Lipinski definition) is 2. The molecule has 0 aromatic heterocycles. The van der Waals surface area contributed by atoms with Gasteiger partial charge in [0, 0.05) is 0 Å². The predicted molar refractivity (Wildman–Crippen MR) is 72.5 cm³/mol. The Morgan fingerprint density at radius 2 is 1.79 bits per heavy atom. The van der Waals surface area contributed by atoms with Gasteiger partial charge in [0.1, 0.15) is 6.04 Å². The van der Waals surface area contributed by atoms with Gasteiger partial charge in [-0.05, 0) is 43.0 Å². The third kappa shape index (κ3) is 3.78. The predicted octanol–water partition coefficient (Wildman–Crippen LogP) is 1.69. The van der Waals surface area contributed by atoms with Crippen LogP contribution in [0.25, 0.3) is 0 Å². The molecule has 0 fully saturated rings. The number of carboxylic acid groups (broad SMARTS) is 1. The van der Waals surface area contributed by atoms with Crippen LogP contribution < -0.4 is 4.72 Å². The van der Waals surface area contributed by atoms with Gasteiger partial charge in [-0.25, -0.2) is 8.42 Å². The molecule has 0 unspecified atom stereocenters. The molecule has 106 valence electrons. The van der Waals surface area contributed by atoms with Gasteiger partial charge in [-0.2, -0.15) is 4.72 Å². The minimum atomic E-state index is -3.82. The van der Waals surface area contributed by atoms with E-state index >= 15 is 0 Å². The van der Waals surface area contributed by atoms with Crippen LogP contribution in [0.5, 0.6) is 0 Å². The molecule has 6 heteroatoms.